The van der Waals surface area contributed by atoms with Gasteiger partial charge in [0.2, 0.25) is 5.88 Å². The molecule has 0 aliphatic carbocycles. The van der Waals surface area contributed by atoms with Crippen molar-refractivity contribution in [1.82, 2.24) is 4.98 Å². The number of pyridine rings is 1. The number of rotatable bonds is 6. The fourth-order valence-corrected chi connectivity index (χ4v) is 2.16. The molecule has 1 N–H and O–H groups in total. The summed E-state index contributed by atoms with van der Waals surface area (Å²) in [6.45, 7) is -0.112. The van der Waals surface area contributed by atoms with E-state index in [-0.39, 0.29) is 12.5 Å². The first-order chi connectivity index (χ1) is 12.2. The maximum atomic E-state index is 12.0. The van der Waals surface area contributed by atoms with Crippen molar-refractivity contribution in [3.8, 4) is 17.4 Å². The molecule has 0 atom stereocenters. The van der Waals surface area contributed by atoms with Crippen LogP contribution in [0, 0.1) is 0 Å². The van der Waals surface area contributed by atoms with Gasteiger partial charge in [-0.25, -0.2) is 4.98 Å². The maximum absolute atomic E-state index is 12.0. The molecule has 0 unspecified atom stereocenters. The normalized spacial score (nSPS) is 10.1. The van der Waals surface area contributed by atoms with Crippen LogP contribution in [0.2, 0.25) is 5.02 Å². The number of carbonyl (C=O) groups excluding carboxylic acids is 1. The second kappa shape index (κ2) is 8.17. The number of nitrogens with zero attached hydrogens (tertiary/aromatic N) is 1. The lowest BCUT2D eigenvalue weighted by Gasteiger charge is -2.09. The molecular weight excluding hydrogens is 340 g/mol. The van der Waals surface area contributed by atoms with Crippen molar-refractivity contribution in [1.29, 1.82) is 0 Å². The van der Waals surface area contributed by atoms with Gasteiger partial charge in [0.1, 0.15) is 11.5 Å². The third-order valence-corrected chi connectivity index (χ3v) is 3.42. The highest BCUT2D eigenvalue weighted by atomic mass is 35.5. The SMILES string of the molecule is O=C(COc1ccc(Cl)cc1)Nc1ccnc(Oc2ccccc2)c1. The molecule has 6 heteroatoms. The number of para-hydroxylation sites is 1. The average molecular weight is 355 g/mol. The van der Waals surface area contributed by atoms with Crippen LogP contribution in [0.4, 0.5) is 5.69 Å². The number of aromatic nitrogens is 1. The van der Waals surface area contributed by atoms with Gasteiger partial charge in [0.05, 0.1) is 0 Å². The van der Waals surface area contributed by atoms with E-state index in [1.165, 1.54) is 0 Å². The number of nitrogens with one attached hydrogen (secondary N) is 1. The van der Waals surface area contributed by atoms with Gasteiger partial charge in [-0.3, -0.25) is 4.79 Å². The van der Waals surface area contributed by atoms with Crippen molar-refractivity contribution >= 4 is 23.2 Å². The van der Waals surface area contributed by atoms with E-state index in [2.05, 4.69) is 10.3 Å². The molecule has 0 spiro atoms. The molecule has 3 rings (SSSR count). The Kier molecular flexibility index (Phi) is 5.49. The fourth-order valence-electron chi connectivity index (χ4n) is 2.03. The summed E-state index contributed by atoms with van der Waals surface area (Å²) in [6, 6.07) is 19.4. The fraction of sp³-hybridized carbons (Fsp3) is 0.0526. The van der Waals surface area contributed by atoms with Crippen LogP contribution in [0.25, 0.3) is 0 Å². The third kappa shape index (κ3) is 5.22. The molecule has 0 fully saturated rings. The number of hydrogen-bond acceptors (Lipinski definition) is 4. The van der Waals surface area contributed by atoms with Crippen molar-refractivity contribution in [2.75, 3.05) is 11.9 Å². The molecule has 3 aromatic rings. The summed E-state index contributed by atoms with van der Waals surface area (Å²) in [6.07, 6.45) is 1.56. The summed E-state index contributed by atoms with van der Waals surface area (Å²) in [4.78, 5) is 16.1. The van der Waals surface area contributed by atoms with Crippen LogP contribution in [-0.4, -0.2) is 17.5 Å². The molecule has 0 saturated carbocycles. The number of hydrogen-bond donors (Lipinski definition) is 1. The van der Waals surface area contributed by atoms with Gasteiger partial charge in [0, 0.05) is 23.0 Å². The minimum atomic E-state index is -0.285. The average Bonchev–Trinajstić information content (AvgIpc) is 2.62. The van der Waals surface area contributed by atoms with Gasteiger partial charge in [0.25, 0.3) is 5.91 Å². The van der Waals surface area contributed by atoms with E-state index in [0.717, 1.165) is 0 Å². The highest BCUT2D eigenvalue weighted by Crippen LogP contribution is 2.21. The molecule has 0 bridgehead atoms. The summed E-state index contributed by atoms with van der Waals surface area (Å²) >= 11 is 5.80. The number of benzene rings is 2. The molecule has 0 aliphatic heterocycles. The van der Waals surface area contributed by atoms with Crippen molar-refractivity contribution in [3.63, 3.8) is 0 Å². The van der Waals surface area contributed by atoms with Gasteiger partial charge in [-0.05, 0) is 42.5 Å². The lowest BCUT2D eigenvalue weighted by Crippen LogP contribution is -2.20. The summed E-state index contributed by atoms with van der Waals surface area (Å²) < 4.78 is 11.0. The number of carbonyl (C=O) groups is 1. The largest absolute Gasteiger partial charge is 0.484 e. The quantitative estimate of drug-likeness (QED) is 0.705. The van der Waals surface area contributed by atoms with Crippen molar-refractivity contribution < 1.29 is 14.3 Å². The Morgan fingerprint density at radius 2 is 1.76 bits per heavy atom. The molecule has 5 nitrogen and oxygen atoms in total. The Morgan fingerprint density at radius 3 is 2.52 bits per heavy atom. The third-order valence-electron chi connectivity index (χ3n) is 3.17. The zero-order valence-electron chi connectivity index (χ0n) is 13.2. The molecule has 1 aromatic heterocycles. The van der Waals surface area contributed by atoms with Gasteiger partial charge < -0.3 is 14.8 Å². The summed E-state index contributed by atoms with van der Waals surface area (Å²) in [5.74, 6) is 1.35. The van der Waals surface area contributed by atoms with Crippen molar-refractivity contribution in [3.05, 3.63) is 77.9 Å². The highest BCUT2D eigenvalue weighted by Gasteiger charge is 2.06. The van der Waals surface area contributed by atoms with E-state index in [0.29, 0.717) is 28.1 Å². The minimum absolute atomic E-state index is 0.112. The van der Waals surface area contributed by atoms with Crippen LogP contribution < -0.4 is 14.8 Å². The smallest absolute Gasteiger partial charge is 0.262 e. The number of halogens is 1. The minimum Gasteiger partial charge on any atom is -0.484 e. The molecular formula is C19H15ClN2O3. The van der Waals surface area contributed by atoms with Crippen molar-refractivity contribution in [2.45, 2.75) is 0 Å². The number of anilines is 1. The molecule has 0 aliphatic rings. The zero-order chi connectivity index (χ0) is 17.5. The van der Waals surface area contributed by atoms with Gasteiger partial charge in [-0.1, -0.05) is 29.8 Å². The van der Waals surface area contributed by atoms with E-state index in [1.54, 1.807) is 42.6 Å². The standard InChI is InChI=1S/C19H15ClN2O3/c20-14-6-8-16(9-7-14)24-13-18(23)22-15-10-11-21-19(12-15)25-17-4-2-1-3-5-17/h1-12H,13H2,(H,21,22,23). The Balaban J connectivity index is 1.56. The van der Waals surface area contributed by atoms with E-state index < -0.39 is 0 Å². The van der Waals surface area contributed by atoms with E-state index >= 15 is 0 Å². The second-order valence-corrected chi connectivity index (χ2v) is 5.53. The summed E-state index contributed by atoms with van der Waals surface area (Å²) in [7, 11) is 0. The molecule has 126 valence electrons. The van der Waals surface area contributed by atoms with Gasteiger partial charge in [-0.2, -0.15) is 0 Å². The van der Waals surface area contributed by atoms with E-state index in [9.17, 15) is 4.79 Å². The van der Waals surface area contributed by atoms with Crippen LogP contribution in [0.5, 0.6) is 17.4 Å². The Hall–Kier alpha value is -3.05. The molecule has 2 aromatic carbocycles. The van der Waals surface area contributed by atoms with Gasteiger partial charge in [0.15, 0.2) is 6.61 Å². The summed E-state index contributed by atoms with van der Waals surface area (Å²) in [5, 5.41) is 3.35. The van der Waals surface area contributed by atoms with Gasteiger partial charge in [-0.15, -0.1) is 0 Å². The zero-order valence-corrected chi connectivity index (χ0v) is 13.9. The first-order valence-corrected chi connectivity index (χ1v) is 7.94. The Morgan fingerprint density at radius 1 is 1.00 bits per heavy atom. The Labute approximate surface area is 150 Å². The van der Waals surface area contributed by atoms with E-state index in [1.807, 2.05) is 30.3 Å². The number of amides is 1. The topological polar surface area (TPSA) is 60.5 Å². The first-order valence-electron chi connectivity index (χ1n) is 7.56. The lowest BCUT2D eigenvalue weighted by molar-refractivity contribution is -0.118. The molecule has 25 heavy (non-hydrogen) atoms. The van der Waals surface area contributed by atoms with Crippen molar-refractivity contribution in [2.24, 2.45) is 0 Å². The maximum Gasteiger partial charge on any atom is 0.262 e. The van der Waals surface area contributed by atoms with E-state index in [4.69, 9.17) is 21.1 Å². The van der Waals surface area contributed by atoms with Crippen LogP contribution in [-0.2, 0) is 4.79 Å². The molecule has 0 saturated heterocycles. The highest BCUT2D eigenvalue weighted by molar-refractivity contribution is 6.30. The van der Waals surface area contributed by atoms with Crippen LogP contribution in [0.15, 0.2) is 72.9 Å². The molecule has 0 radical (unpaired) electrons. The monoisotopic (exact) mass is 354 g/mol. The Bertz CT molecular complexity index is 839. The van der Waals surface area contributed by atoms with Crippen LogP contribution in [0.1, 0.15) is 0 Å². The molecule has 1 heterocycles. The van der Waals surface area contributed by atoms with Crippen LogP contribution in [0.3, 0.4) is 0 Å². The molecule has 1 amide bonds. The predicted octanol–water partition coefficient (Wildman–Crippen LogP) is 4.54. The van der Waals surface area contributed by atoms with Crippen LogP contribution >= 0.6 is 11.6 Å². The lowest BCUT2D eigenvalue weighted by atomic mass is 10.3. The second-order valence-electron chi connectivity index (χ2n) is 5.09. The van der Waals surface area contributed by atoms with Gasteiger partial charge >= 0.3 is 0 Å². The first kappa shape index (κ1) is 16.8. The predicted molar refractivity (Wildman–Crippen MR) is 96.3 cm³/mol. The summed E-state index contributed by atoms with van der Waals surface area (Å²) in [5.41, 5.74) is 0.575. The number of ether oxygens (including phenoxy) is 2.